The lowest BCUT2D eigenvalue weighted by Crippen LogP contribution is -2.17. The maximum absolute atomic E-state index is 13.9. The van der Waals surface area contributed by atoms with Crippen molar-refractivity contribution >= 4 is 32.5 Å². The summed E-state index contributed by atoms with van der Waals surface area (Å²) in [5.74, 6) is -4.92. The van der Waals surface area contributed by atoms with Crippen molar-refractivity contribution in [2.24, 2.45) is 0 Å². The molecule has 0 spiro atoms. The summed E-state index contributed by atoms with van der Waals surface area (Å²) in [6, 6.07) is 1.22. The van der Waals surface area contributed by atoms with Crippen molar-refractivity contribution in [3.8, 4) is 0 Å². The number of halogens is 2. The maximum atomic E-state index is 13.9. The van der Waals surface area contributed by atoms with Gasteiger partial charge in [0.25, 0.3) is 10.0 Å². The minimum absolute atomic E-state index is 0.0226. The first-order valence-electron chi connectivity index (χ1n) is 4.96. The van der Waals surface area contributed by atoms with Gasteiger partial charge in [-0.2, -0.15) is 0 Å². The molecule has 2 aromatic rings. The number of hydrogen-bond donors (Lipinski definition) is 2. The molecule has 1 heterocycles. The highest BCUT2D eigenvalue weighted by molar-refractivity contribution is 7.93. The number of carboxylic acids is 1. The normalized spacial score (nSPS) is 11.3. The number of nitrogens with one attached hydrogen (secondary N) is 1. The predicted molar refractivity (Wildman–Crippen MR) is 66.2 cm³/mol. The lowest BCUT2D eigenvalue weighted by molar-refractivity contribution is 0.0685. The Labute approximate surface area is 115 Å². The Morgan fingerprint density at radius 1 is 1.35 bits per heavy atom. The van der Waals surface area contributed by atoms with Crippen molar-refractivity contribution in [3.05, 3.63) is 40.9 Å². The molecule has 0 aliphatic carbocycles. The highest BCUT2D eigenvalue weighted by Crippen LogP contribution is 2.24. The van der Waals surface area contributed by atoms with E-state index in [1.165, 1.54) is 11.6 Å². The standard InChI is InChI=1S/C10H6F2N2O4S2/c11-5-1-2-6(8(12)7(5)9(15)16)20(17,18)14-10-13-3-4-19-10/h1-4H,(H,13,14)(H,15,16). The molecular formula is C10H6F2N2O4S2. The van der Waals surface area contributed by atoms with Crippen molar-refractivity contribution < 1.29 is 27.1 Å². The van der Waals surface area contributed by atoms with E-state index in [9.17, 15) is 22.0 Å². The van der Waals surface area contributed by atoms with Crippen molar-refractivity contribution in [3.63, 3.8) is 0 Å². The smallest absolute Gasteiger partial charge is 0.341 e. The Bertz CT molecular complexity index is 760. The molecule has 0 aliphatic heterocycles. The summed E-state index contributed by atoms with van der Waals surface area (Å²) >= 11 is 0.950. The summed E-state index contributed by atoms with van der Waals surface area (Å²) in [5, 5.41) is 10.2. The van der Waals surface area contributed by atoms with E-state index in [0.717, 1.165) is 11.3 Å². The van der Waals surface area contributed by atoms with Gasteiger partial charge < -0.3 is 5.11 Å². The molecule has 6 nitrogen and oxygen atoms in total. The van der Waals surface area contributed by atoms with E-state index in [1.807, 2.05) is 4.72 Å². The van der Waals surface area contributed by atoms with E-state index in [1.54, 1.807) is 0 Å². The molecule has 1 aromatic heterocycles. The highest BCUT2D eigenvalue weighted by atomic mass is 32.2. The fourth-order valence-corrected chi connectivity index (χ4v) is 3.25. The molecule has 20 heavy (non-hydrogen) atoms. The second-order valence-corrected chi connectivity index (χ2v) is 6.03. The van der Waals surface area contributed by atoms with Gasteiger partial charge in [-0.3, -0.25) is 4.72 Å². The number of aromatic carboxylic acids is 1. The second kappa shape index (κ2) is 5.13. The Morgan fingerprint density at radius 3 is 2.60 bits per heavy atom. The van der Waals surface area contributed by atoms with E-state index in [-0.39, 0.29) is 5.13 Å². The fraction of sp³-hybridized carbons (Fsp3) is 0. The van der Waals surface area contributed by atoms with E-state index in [2.05, 4.69) is 4.98 Å². The number of carboxylic acid groups (broad SMARTS) is 1. The van der Waals surface area contributed by atoms with Crippen LogP contribution >= 0.6 is 11.3 Å². The zero-order valence-corrected chi connectivity index (χ0v) is 11.1. The SMILES string of the molecule is O=C(O)c1c(F)ccc(S(=O)(=O)Nc2nccs2)c1F. The average Bonchev–Trinajstić information content (AvgIpc) is 2.79. The monoisotopic (exact) mass is 320 g/mol. The molecule has 2 N–H and O–H groups in total. The van der Waals surface area contributed by atoms with Crippen LogP contribution < -0.4 is 4.72 Å². The third-order valence-corrected chi connectivity index (χ3v) is 4.39. The number of anilines is 1. The summed E-state index contributed by atoms with van der Waals surface area (Å²) in [7, 11) is -4.39. The number of nitrogens with zero attached hydrogens (tertiary/aromatic N) is 1. The topological polar surface area (TPSA) is 96.4 Å². The summed E-state index contributed by atoms with van der Waals surface area (Å²) in [5.41, 5.74) is -1.33. The summed E-state index contributed by atoms with van der Waals surface area (Å²) in [6.07, 6.45) is 1.33. The van der Waals surface area contributed by atoms with E-state index < -0.39 is 38.1 Å². The van der Waals surface area contributed by atoms with Gasteiger partial charge in [-0.25, -0.2) is 27.0 Å². The van der Waals surface area contributed by atoms with Gasteiger partial charge in [0.05, 0.1) is 0 Å². The van der Waals surface area contributed by atoms with Crippen molar-refractivity contribution in [1.82, 2.24) is 4.98 Å². The lowest BCUT2D eigenvalue weighted by atomic mass is 10.2. The van der Waals surface area contributed by atoms with Crippen LogP contribution in [0.4, 0.5) is 13.9 Å². The van der Waals surface area contributed by atoms with Crippen LogP contribution in [0.2, 0.25) is 0 Å². The van der Waals surface area contributed by atoms with Crippen molar-refractivity contribution in [1.29, 1.82) is 0 Å². The van der Waals surface area contributed by atoms with Crippen molar-refractivity contribution in [2.75, 3.05) is 4.72 Å². The van der Waals surface area contributed by atoms with Crippen LogP contribution in [0.25, 0.3) is 0 Å². The maximum Gasteiger partial charge on any atom is 0.341 e. The molecule has 0 atom stereocenters. The lowest BCUT2D eigenvalue weighted by Gasteiger charge is -2.08. The van der Waals surface area contributed by atoms with Gasteiger partial charge in [0.15, 0.2) is 10.9 Å². The molecule has 0 amide bonds. The zero-order chi connectivity index (χ0) is 14.9. The third-order valence-electron chi connectivity index (χ3n) is 2.21. The van der Waals surface area contributed by atoms with Crippen LogP contribution in [-0.4, -0.2) is 24.5 Å². The summed E-state index contributed by atoms with van der Waals surface area (Å²) < 4.78 is 52.8. The Hall–Kier alpha value is -2.07. The quantitative estimate of drug-likeness (QED) is 0.897. The number of aromatic nitrogens is 1. The van der Waals surface area contributed by atoms with Crippen LogP contribution in [-0.2, 0) is 10.0 Å². The highest BCUT2D eigenvalue weighted by Gasteiger charge is 2.27. The van der Waals surface area contributed by atoms with Crippen molar-refractivity contribution in [2.45, 2.75) is 4.90 Å². The fourth-order valence-electron chi connectivity index (χ4n) is 1.38. The van der Waals surface area contributed by atoms with Crippen LogP contribution in [0.5, 0.6) is 0 Å². The van der Waals surface area contributed by atoms with Gasteiger partial charge in [-0.05, 0) is 12.1 Å². The minimum atomic E-state index is -4.39. The van der Waals surface area contributed by atoms with E-state index in [0.29, 0.717) is 12.1 Å². The van der Waals surface area contributed by atoms with E-state index in [4.69, 9.17) is 5.11 Å². The molecule has 10 heteroatoms. The van der Waals surface area contributed by atoms with Gasteiger partial charge in [-0.1, -0.05) is 0 Å². The molecule has 0 bridgehead atoms. The Morgan fingerprint density at radius 2 is 2.05 bits per heavy atom. The number of rotatable bonds is 4. The summed E-state index contributed by atoms with van der Waals surface area (Å²) in [6.45, 7) is 0. The molecule has 106 valence electrons. The molecular weight excluding hydrogens is 314 g/mol. The molecule has 1 aromatic carbocycles. The second-order valence-electron chi connectivity index (χ2n) is 3.48. The van der Waals surface area contributed by atoms with Gasteiger partial charge in [0, 0.05) is 11.6 Å². The molecule has 2 rings (SSSR count). The largest absolute Gasteiger partial charge is 0.477 e. The molecule has 0 radical (unpaired) electrons. The number of carbonyl (C=O) groups is 1. The van der Waals surface area contributed by atoms with Crippen LogP contribution in [0, 0.1) is 11.6 Å². The first-order valence-corrected chi connectivity index (χ1v) is 7.33. The van der Waals surface area contributed by atoms with Crippen LogP contribution in [0.3, 0.4) is 0 Å². The molecule has 0 aliphatic rings. The minimum Gasteiger partial charge on any atom is -0.477 e. The van der Waals surface area contributed by atoms with Gasteiger partial charge in [-0.15, -0.1) is 11.3 Å². The molecule has 0 unspecified atom stereocenters. The zero-order valence-electron chi connectivity index (χ0n) is 9.50. The first-order chi connectivity index (χ1) is 9.33. The van der Waals surface area contributed by atoms with Gasteiger partial charge in [0.2, 0.25) is 0 Å². The molecule has 0 fully saturated rings. The number of sulfonamides is 1. The molecule has 0 saturated carbocycles. The van der Waals surface area contributed by atoms with E-state index >= 15 is 0 Å². The van der Waals surface area contributed by atoms with Gasteiger partial charge in [0.1, 0.15) is 16.3 Å². The van der Waals surface area contributed by atoms with Crippen LogP contribution in [0.1, 0.15) is 10.4 Å². The predicted octanol–water partition coefficient (Wildman–Crippen LogP) is 1.92. The third kappa shape index (κ3) is 2.60. The number of thiazole rings is 1. The number of hydrogen-bond acceptors (Lipinski definition) is 5. The first kappa shape index (κ1) is 14.3. The average molecular weight is 320 g/mol. The van der Waals surface area contributed by atoms with Gasteiger partial charge >= 0.3 is 5.97 Å². The number of benzene rings is 1. The molecule has 0 saturated heterocycles. The Balaban J connectivity index is 2.53. The van der Waals surface area contributed by atoms with Crippen LogP contribution in [0.15, 0.2) is 28.6 Å². The Kier molecular flexibility index (Phi) is 3.68. The summed E-state index contributed by atoms with van der Waals surface area (Å²) in [4.78, 5) is 13.4.